The van der Waals surface area contributed by atoms with Crippen LogP contribution in [0, 0.1) is 0 Å². The van der Waals surface area contributed by atoms with Crippen LogP contribution in [0.15, 0.2) is 60.7 Å². The zero-order chi connectivity index (χ0) is 31.9. The van der Waals surface area contributed by atoms with Crippen molar-refractivity contribution in [3.05, 3.63) is 88.5 Å². The predicted molar refractivity (Wildman–Crippen MR) is 182 cm³/mol. The van der Waals surface area contributed by atoms with Gasteiger partial charge < -0.3 is 13.6 Å². The number of benzene rings is 3. The zero-order valence-electron chi connectivity index (χ0n) is 28.9. The van der Waals surface area contributed by atoms with E-state index in [1.807, 2.05) is 12.1 Å². The van der Waals surface area contributed by atoms with Crippen LogP contribution in [0.5, 0.6) is 17.2 Å². The second-order valence-corrected chi connectivity index (χ2v) is 17.7. The quantitative estimate of drug-likeness (QED) is 0.267. The fraction of sp³-hybridized carbons (Fsp3) is 0.526. The normalized spacial score (nSPS) is 13.3. The lowest BCUT2D eigenvalue weighted by Gasteiger charge is -2.30. The molecule has 0 radical (unpaired) electrons. The summed E-state index contributed by atoms with van der Waals surface area (Å²) in [4.78, 5) is 0. The van der Waals surface area contributed by atoms with E-state index in [-0.39, 0.29) is 27.1 Å². The number of rotatable bonds is 6. The molecule has 0 amide bonds. The minimum Gasteiger partial charge on any atom is -0.408 e. The van der Waals surface area contributed by atoms with E-state index in [2.05, 4.69) is 152 Å². The summed E-state index contributed by atoms with van der Waals surface area (Å²) in [6.07, 6.45) is 0. The van der Waals surface area contributed by atoms with Gasteiger partial charge in [-0.15, -0.1) is 0 Å². The summed E-state index contributed by atoms with van der Waals surface area (Å²) in [6, 6.07) is 21.3. The van der Waals surface area contributed by atoms with Gasteiger partial charge in [0.15, 0.2) is 0 Å². The second kappa shape index (κ2) is 11.9. The van der Waals surface area contributed by atoms with Crippen molar-refractivity contribution in [3.63, 3.8) is 0 Å². The maximum absolute atomic E-state index is 6.80. The van der Waals surface area contributed by atoms with Crippen LogP contribution in [-0.4, -0.2) is 0 Å². The first-order valence-electron chi connectivity index (χ1n) is 15.2. The smallest absolute Gasteiger partial charge is 0.408 e. The standard InChI is InChI=1S/C38H55O3P/c1-34(2,3)26-20-22-32(29(24-26)37(10,11)12)40-42(39-31-19-17-16-18-28(31)36(7,8)9)41-33-23-21-27(35(4,5)6)25-30(33)38(13,14)15/h16-25H,1-15H3. The minimum absolute atomic E-state index is 0.0261. The fourth-order valence-electron chi connectivity index (χ4n) is 4.79. The highest BCUT2D eigenvalue weighted by Gasteiger charge is 2.31. The summed E-state index contributed by atoms with van der Waals surface area (Å²) in [6.45, 7) is 33.4. The molecule has 0 aliphatic carbocycles. The molecule has 0 spiro atoms. The van der Waals surface area contributed by atoms with Crippen molar-refractivity contribution in [1.82, 2.24) is 0 Å². The van der Waals surface area contributed by atoms with Gasteiger partial charge in [0, 0.05) is 16.7 Å². The third-order valence-corrected chi connectivity index (χ3v) is 8.56. The molecule has 0 saturated heterocycles. The largest absolute Gasteiger partial charge is 0.530 e. The van der Waals surface area contributed by atoms with Crippen LogP contribution < -0.4 is 13.6 Å². The molecule has 4 heteroatoms. The van der Waals surface area contributed by atoms with Gasteiger partial charge in [0.05, 0.1) is 0 Å². The van der Waals surface area contributed by atoms with Gasteiger partial charge in [-0.1, -0.05) is 146 Å². The first kappa shape index (κ1) is 34.0. The Morgan fingerprint density at radius 1 is 0.381 bits per heavy atom. The van der Waals surface area contributed by atoms with Crippen molar-refractivity contribution < 1.29 is 13.6 Å². The van der Waals surface area contributed by atoms with Crippen molar-refractivity contribution in [2.45, 2.75) is 131 Å². The Balaban J connectivity index is 2.17. The Labute approximate surface area is 258 Å². The van der Waals surface area contributed by atoms with E-state index in [9.17, 15) is 0 Å². The van der Waals surface area contributed by atoms with Crippen LogP contribution >= 0.6 is 8.60 Å². The molecule has 0 fully saturated rings. The summed E-state index contributed by atoms with van der Waals surface area (Å²) in [5.74, 6) is 2.36. The van der Waals surface area contributed by atoms with E-state index in [4.69, 9.17) is 13.6 Å². The molecule has 3 aromatic carbocycles. The molecule has 0 aliphatic heterocycles. The fourth-order valence-corrected chi connectivity index (χ4v) is 5.86. The van der Waals surface area contributed by atoms with Crippen LogP contribution in [0.1, 0.15) is 132 Å². The zero-order valence-corrected chi connectivity index (χ0v) is 29.8. The third-order valence-electron chi connectivity index (χ3n) is 7.52. The van der Waals surface area contributed by atoms with E-state index >= 15 is 0 Å². The van der Waals surface area contributed by atoms with Crippen molar-refractivity contribution in [2.75, 3.05) is 0 Å². The summed E-state index contributed by atoms with van der Waals surface area (Å²) in [5.41, 5.74) is 5.62. The SMILES string of the molecule is CC(C)(C)c1ccc(OP(Oc2ccccc2C(C)(C)C)Oc2ccc(C(C)(C)C)cc2C(C)(C)C)c(C(C)(C)C)c1. The summed E-state index contributed by atoms with van der Waals surface area (Å²) < 4.78 is 20.3. The Hall–Kier alpha value is -2.51. The first-order chi connectivity index (χ1) is 19.0. The molecule has 0 N–H and O–H groups in total. The van der Waals surface area contributed by atoms with Gasteiger partial charge in [0.25, 0.3) is 0 Å². The monoisotopic (exact) mass is 590 g/mol. The van der Waals surface area contributed by atoms with Gasteiger partial charge in [0.2, 0.25) is 0 Å². The Morgan fingerprint density at radius 3 is 1.05 bits per heavy atom. The first-order valence-corrected chi connectivity index (χ1v) is 16.3. The molecule has 0 heterocycles. The van der Waals surface area contributed by atoms with Crippen LogP contribution in [0.3, 0.4) is 0 Å². The Bertz CT molecular complexity index is 1290. The molecule has 0 atom stereocenters. The average Bonchev–Trinajstić information content (AvgIpc) is 2.81. The van der Waals surface area contributed by atoms with Crippen molar-refractivity contribution in [1.29, 1.82) is 0 Å². The van der Waals surface area contributed by atoms with E-state index < -0.39 is 8.60 Å². The molecule has 0 aliphatic rings. The average molecular weight is 591 g/mol. The maximum atomic E-state index is 6.80. The van der Waals surface area contributed by atoms with Gasteiger partial charge in [-0.05, 0) is 56.4 Å². The van der Waals surface area contributed by atoms with Crippen LogP contribution in [0.4, 0.5) is 0 Å². The summed E-state index contributed by atoms with van der Waals surface area (Å²) in [7, 11) is -1.86. The van der Waals surface area contributed by atoms with E-state index in [0.717, 1.165) is 33.9 Å². The molecule has 0 unspecified atom stereocenters. The maximum Gasteiger partial charge on any atom is 0.530 e. The topological polar surface area (TPSA) is 27.7 Å². The van der Waals surface area contributed by atoms with Crippen LogP contribution in [0.2, 0.25) is 0 Å². The predicted octanol–water partition coefficient (Wildman–Crippen LogP) is 11.9. The van der Waals surface area contributed by atoms with E-state index in [1.54, 1.807) is 0 Å². The van der Waals surface area contributed by atoms with Gasteiger partial charge in [0.1, 0.15) is 17.2 Å². The number of para-hydroxylation sites is 1. The molecule has 3 rings (SSSR count). The lowest BCUT2D eigenvalue weighted by molar-refractivity contribution is 0.372. The lowest BCUT2D eigenvalue weighted by atomic mass is 9.80. The molecule has 230 valence electrons. The second-order valence-electron chi connectivity index (χ2n) is 16.7. The van der Waals surface area contributed by atoms with Gasteiger partial charge >= 0.3 is 8.60 Å². The summed E-state index contributed by atoms with van der Waals surface area (Å²) >= 11 is 0. The lowest BCUT2D eigenvalue weighted by Crippen LogP contribution is -2.19. The highest BCUT2D eigenvalue weighted by Crippen LogP contribution is 2.49. The molecule has 3 aromatic rings. The van der Waals surface area contributed by atoms with E-state index in [1.165, 1.54) is 11.1 Å². The summed E-state index contributed by atoms with van der Waals surface area (Å²) in [5, 5.41) is 0. The van der Waals surface area contributed by atoms with Crippen molar-refractivity contribution in [2.24, 2.45) is 0 Å². The van der Waals surface area contributed by atoms with Crippen LogP contribution in [-0.2, 0) is 27.1 Å². The van der Waals surface area contributed by atoms with Crippen molar-refractivity contribution >= 4 is 8.60 Å². The Kier molecular flexibility index (Phi) is 9.61. The molecule has 42 heavy (non-hydrogen) atoms. The van der Waals surface area contributed by atoms with Gasteiger partial charge in [-0.2, -0.15) is 0 Å². The highest BCUT2D eigenvalue weighted by molar-refractivity contribution is 7.43. The van der Waals surface area contributed by atoms with Crippen LogP contribution in [0.25, 0.3) is 0 Å². The Morgan fingerprint density at radius 2 is 0.714 bits per heavy atom. The number of hydrogen-bond donors (Lipinski definition) is 0. The highest BCUT2D eigenvalue weighted by atomic mass is 31.2. The van der Waals surface area contributed by atoms with Gasteiger partial charge in [-0.3, -0.25) is 0 Å². The van der Waals surface area contributed by atoms with Crippen molar-refractivity contribution in [3.8, 4) is 17.2 Å². The molecule has 3 nitrogen and oxygen atoms in total. The molecule has 0 saturated carbocycles. The molecular weight excluding hydrogens is 535 g/mol. The number of hydrogen-bond acceptors (Lipinski definition) is 3. The third kappa shape index (κ3) is 8.53. The molecule has 0 bridgehead atoms. The molecular formula is C38H55O3P. The van der Waals surface area contributed by atoms with E-state index in [0.29, 0.717) is 0 Å². The van der Waals surface area contributed by atoms with Gasteiger partial charge in [-0.25, -0.2) is 0 Å². The molecule has 0 aromatic heterocycles. The minimum atomic E-state index is -1.86.